The highest BCUT2D eigenvalue weighted by Gasteiger charge is 2.41. The van der Waals surface area contributed by atoms with E-state index in [1.54, 1.807) is 0 Å². The number of benzene rings is 1. The van der Waals surface area contributed by atoms with Crippen molar-refractivity contribution in [1.82, 2.24) is 0 Å². The number of rotatable bonds is 3. The Bertz CT molecular complexity index is 580. The first-order valence-corrected chi connectivity index (χ1v) is 8.37. The van der Waals surface area contributed by atoms with Crippen LogP contribution in [0.5, 0.6) is 0 Å². The summed E-state index contributed by atoms with van der Waals surface area (Å²) < 4.78 is 29.1. The Kier molecular flexibility index (Phi) is 4.50. The molecule has 0 atom stereocenters. The maximum Gasteiger partial charge on any atom is 0.272 e. The fraction of sp³-hybridized carbons (Fsp3) is 0.647. The topological polar surface area (TPSA) is 46.4 Å². The van der Waals surface area contributed by atoms with Crippen LogP contribution in [0.3, 0.4) is 0 Å². The average molecular weight is 324 g/mol. The molecule has 0 N–H and O–H groups in total. The Morgan fingerprint density at radius 2 is 1.83 bits per heavy atom. The molecule has 1 aromatic carbocycles. The lowest BCUT2D eigenvalue weighted by Crippen LogP contribution is -2.44. The third-order valence-corrected chi connectivity index (χ3v) is 5.39. The summed E-state index contributed by atoms with van der Waals surface area (Å²) >= 11 is 0. The van der Waals surface area contributed by atoms with E-state index in [1.165, 1.54) is 12.1 Å². The van der Waals surface area contributed by atoms with Crippen LogP contribution in [0.4, 0.5) is 20.2 Å². The minimum atomic E-state index is -1.04. The molecule has 1 saturated heterocycles. The quantitative estimate of drug-likeness (QED) is 0.602. The highest BCUT2D eigenvalue weighted by atomic mass is 19.1. The Balaban J connectivity index is 1.66. The molecule has 0 unspecified atom stereocenters. The summed E-state index contributed by atoms with van der Waals surface area (Å²) in [5, 5.41) is 10.7. The predicted octanol–water partition coefficient (Wildman–Crippen LogP) is 4.62. The van der Waals surface area contributed by atoms with Gasteiger partial charge >= 0.3 is 0 Å². The van der Waals surface area contributed by atoms with E-state index in [4.69, 9.17) is 0 Å². The molecule has 1 aromatic rings. The van der Waals surface area contributed by atoms with Gasteiger partial charge in [0.05, 0.1) is 16.7 Å². The SMILES string of the molecule is O=[N+]([O-])c1ccc(N2CCC(C3(F)CCCCC3)CC2)c(F)c1. The van der Waals surface area contributed by atoms with Crippen molar-refractivity contribution in [3.05, 3.63) is 34.1 Å². The Labute approximate surface area is 134 Å². The smallest absolute Gasteiger partial charge is 0.272 e. The maximum absolute atomic E-state index is 15.0. The van der Waals surface area contributed by atoms with E-state index in [0.29, 0.717) is 44.5 Å². The molecule has 0 spiro atoms. The van der Waals surface area contributed by atoms with Gasteiger partial charge in [0, 0.05) is 19.2 Å². The lowest BCUT2D eigenvalue weighted by atomic mass is 9.73. The fourth-order valence-electron chi connectivity index (χ4n) is 4.05. The third kappa shape index (κ3) is 3.31. The van der Waals surface area contributed by atoms with Crippen molar-refractivity contribution < 1.29 is 13.7 Å². The van der Waals surface area contributed by atoms with E-state index in [-0.39, 0.29) is 11.6 Å². The molecule has 0 aromatic heterocycles. The van der Waals surface area contributed by atoms with Gasteiger partial charge in [0.1, 0.15) is 5.67 Å². The van der Waals surface area contributed by atoms with Crippen molar-refractivity contribution >= 4 is 11.4 Å². The molecule has 2 aliphatic rings. The van der Waals surface area contributed by atoms with Crippen molar-refractivity contribution in [2.75, 3.05) is 18.0 Å². The van der Waals surface area contributed by atoms with E-state index >= 15 is 4.39 Å². The second-order valence-corrected chi connectivity index (χ2v) is 6.75. The van der Waals surface area contributed by atoms with Crippen molar-refractivity contribution in [3.63, 3.8) is 0 Å². The van der Waals surface area contributed by atoms with Crippen LogP contribution in [0.15, 0.2) is 18.2 Å². The first kappa shape index (κ1) is 16.1. The number of non-ortho nitro benzene ring substituents is 1. The largest absolute Gasteiger partial charge is 0.369 e. The molecule has 1 heterocycles. The van der Waals surface area contributed by atoms with Gasteiger partial charge in [-0.1, -0.05) is 19.3 Å². The van der Waals surface area contributed by atoms with E-state index in [9.17, 15) is 14.5 Å². The minimum Gasteiger partial charge on any atom is -0.369 e. The molecule has 0 amide bonds. The van der Waals surface area contributed by atoms with Crippen molar-refractivity contribution in [3.8, 4) is 0 Å². The number of piperidine rings is 1. The van der Waals surface area contributed by atoms with Crippen LogP contribution in [0.25, 0.3) is 0 Å². The van der Waals surface area contributed by atoms with Crippen LogP contribution in [0.2, 0.25) is 0 Å². The zero-order valence-electron chi connectivity index (χ0n) is 13.1. The summed E-state index contributed by atoms with van der Waals surface area (Å²) in [6.45, 7) is 1.20. The number of nitrogens with zero attached hydrogens (tertiary/aromatic N) is 2. The predicted molar refractivity (Wildman–Crippen MR) is 84.9 cm³/mol. The molecule has 4 nitrogen and oxygen atoms in total. The average Bonchev–Trinajstić information content (AvgIpc) is 2.55. The molecule has 0 radical (unpaired) electrons. The number of nitro benzene ring substituents is 1. The first-order chi connectivity index (χ1) is 11.0. The number of nitro groups is 1. The van der Waals surface area contributed by atoms with Gasteiger partial charge in [-0.3, -0.25) is 10.1 Å². The number of hydrogen-bond donors (Lipinski definition) is 0. The molecular formula is C17H22F2N2O2. The van der Waals surface area contributed by atoms with Crippen LogP contribution >= 0.6 is 0 Å². The third-order valence-electron chi connectivity index (χ3n) is 5.39. The molecule has 1 aliphatic carbocycles. The minimum absolute atomic E-state index is 0.0557. The molecule has 6 heteroatoms. The van der Waals surface area contributed by atoms with Crippen molar-refractivity contribution in [1.29, 1.82) is 0 Å². The number of hydrogen-bond acceptors (Lipinski definition) is 3. The van der Waals surface area contributed by atoms with Crippen LogP contribution in [0.1, 0.15) is 44.9 Å². The van der Waals surface area contributed by atoms with Crippen molar-refractivity contribution in [2.45, 2.75) is 50.6 Å². The van der Waals surface area contributed by atoms with Gasteiger partial charge in [-0.25, -0.2) is 8.78 Å². The van der Waals surface area contributed by atoms with Gasteiger partial charge in [0.25, 0.3) is 5.69 Å². The molecule has 1 saturated carbocycles. The summed E-state index contributed by atoms with van der Waals surface area (Å²) in [6, 6.07) is 3.74. The Hall–Kier alpha value is -1.72. The van der Waals surface area contributed by atoms with Crippen LogP contribution in [-0.2, 0) is 0 Å². The Morgan fingerprint density at radius 1 is 1.17 bits per heavy atom. The number of alkyl halides is 1. The van der Waals surface area contributed by atoms with Crippen LogP contribution in [0, 0.1) is 21.8 Å². The van der Waals surface area contributed by atoms with E-state index in [0.717, 1.165) is 25.3 Å². The number of halogens is 2. The zero-order valence-corrected chi connectivity index (χ0v) is 13.1. The van der Waals surface area contributed by atoms with Gasteiger partial charge in [-0.15, -0.1) is 0 Å². The highest BCUT2D eigenvalue weighted by molar-refractivity contribution is 5.52. The second kappa shape index (κ2) is 6.42. The van der Waals surface area contributed by atoms with Crippen LogP contribution in [-0.4, -0.2) is 23.7 Å². The van der Waals surface area contributed by atoms with E-state index in [1.807, 2.05) is 4.90 Å². The summed E-state index contributed by atoms with van der Waals surface area (Å²) in [5.74, 6) is -0.523. The first-order valence-electron chi connectivity index (χ1n) is 8.37. The van der Waals surface area contributed by atoms with Crippen LogP contribution < -0.4 is 4.90 Å². The molecule has 23 heavy (non-hydrogen) atoms. The van der Waals surface area contributed by atoms with E-state index in [2.05, 4.69) is 0 Å². The molecule has 3 rings (SSSR count). The molecular weight excluding hydrogens is 302 g/mol. The van der Waals surface area contributed by atoms with E-state index < -0.39 is 16.4 Å². The number of anilines is 1. The lowest BCUT2D eigenvalue weighted by Gasteiger charge is -2.42. The molecule has 2 fully saturated rings. The second-order valence-electron chi connectivity index (χ2n) is 6.75. The monoisotopic (exact) mass is 324 g/mol. The summed E-state index contributed by atoms with van der Waals surface area (Å²) in [7, 11) is 0. The Morgan fingerprint density at radius 3 is 2.39 bits per heavy atom. The standard InChI is InChI=1S/C17H22F2N2O2/c18-15-12-14(21(22)23)4-5-16(15)20-10-6-13(7-11-20)17(19)8-2-1-3-9-17/h4-5,12-13H,1-3,6-11H2. The maximum atomic E-state index is 15.0. The van der Waals surface area contributed by atoms with Gasteiger partial charge in [-0.2, -0.15) is 0 Å². The van der Waals surface area contributed by atoms with Crippen molar-refractivity contribution in [2.24, 2.45) is 5.92 Å². The lowest BCUT2D eigenvalue weighted by molar-refractivity contribution is -0.385. The zero-order chi connectivity index (χ0) is 16.4. The van der Waals surface area contributed by atoms with Gasteiger partial charge in [-0.05, 0) is 37.7 Å². The molecule has 1 aliphatic heterocycles. The summed E-state index contributed by atoms with van der Waals surface area (Å²) in [4.78, 5) is 12.0. The summed E-state index contributed by atoms with van der Waals surface area (Å²) in [5.41, 5.74) is -0.908. The van der Waals surface area contributed by atoms with Gasteiger partial charge in [0.15, 0.2) is 5.82 Å². The van der Waals surface area contributed by atoms with Gasteiger partial charge in [0.2, 0.25) is 0 Å². The highest BCUT2D eigenvalue weighted by Crippen LogP contribution is 2.43. The normalized spacial score (nSPS) is 22.1. The van der Waals surface area contributed by atoms with Gasteiger partial charge < -0.3 is 4.90 Å². The molecule has 0 bridgehead atoms. The summed E-state index contributed by atoms with van der Waals surface area (Å²) in [6.07, 6.45) is 5.80. The fourth-order valence-corrected chi connectivity index (χ4v) is 4.05. The molecule has 126 valence electrons.